The van der Waals surface area contributed by atoms with E-state index in [1.807, 2.05) is 7.05 Å². The van der Waals surface area contributed by atoms with Crippen molar-refractivity contribution in [3.63, 3.8) is 0 Å². The van der Waals surface area contributed by atoms with Crippen molar-refractivity contribution in [2.24, 2.45) is 0 Å². The van der Waals surface area contributed by atoms with Gasteiger partial charge in [0.1, 0.15) is 12.2 Å². The molecule has 0 amide bonds. The highest BCUT2D eigenvalue weighted by Gasteiger charge is 2.69. The zero-order chi connectivity index (χ0) is 11.8. The van der Waals surface area contributed by atoms with E-state index in [2.05, 4.69) is 11.9 Å². The maximum Gasteiger partial charge on any atom is 0.183 e. The second-order valence-electron chi connectivity index (χ2n) is 4.05. The summed E-state index contributed by atoms with van der Waals surface area (Å²) in [5.41, 5.74) is -1.39. The Kier molecular flexibility index (Phi) is 3.07. The molecule has 0 aliphatic carbocycles. The Morgan fingerprint density at radius 3 is 2.38 bits per heavy atom. The van der Waals surface area contributed by atoms with Gasteiger partial charge in [0, 0.05) is 14.2 Å². The molecular weight excluding hydrogens is 210 g/mol. The highest BCUT2D eigenvalue weighted by molar-refractivity contribution is 5.24. The molecule has 5 nitrogen and oxygen atoms in total. The fourth-order valence-electron chi connectivity index (χ4n) is 2.81. The van der Waals surface area contributed by atoms with Gasteiger partial charge in [-0.05, 0) is 7.05 Å². The van der Waals surface area contributed by atoms with Gasteiger partial charge in [0.15, 0.2) is 11.3 Å². The van der Waals surface area contributed by atoms with E-state index < -0.39 is 11.3 Å². The second-order valence-corrected chi connectivity index (χ2v) is 4.05. The van der Waals surface area contributed by atoms with Gasteiger partial charge in [-0.1, -0.05) is 12.7 Å². The van der Waals surface area contributed by atoms with Crippen LogP contribution in [-0.4, -0.2) is 58.0 Å². The van der Waals surface area contributed by atoms with E-state index in [0.717, 1.165) is 0 Å². The van der Waals surface area contributed by atoms with Crippen LogP contribution in [0.25, 0.3) is 0 Å². The smallest absolute Gasteiger partial charge is 0.183 e. The summed E-state index contributed by atoms with van der Waals surface area (Å²) in [6.45, 7) is 4.78. The molecule has 2 aliphatic heterocycles. The molecule has 2 fully saturated rings. The van der Waals surface area contributed by atoms with Gasteiger partial charge in [-0.25, -0.2) is 0 Å². The summed E-state index contributed by atoms with van der Waals surface area (Å²) in [5.74, 6) is 0. The largest absolute Gasteiger partial charge is 0.375 e. The number of rotatable bonds is 4. The molecule has 0 aromatic heterocycles. The normalized spacial score (nSPS) is 46.9. The fourth-order valence-corrected chi connectivity index (χ4v) is 2.81. The summed E-state index contributed by atoms with van der Waals surface area (Å²) in [7, 11) is 5.13. The molecule has 4 atom stereocenters. The highest BCUT2D eigenvalue weighted by Crippen LogP contribution is 2.47. The van der Waals surface area contributed by atoms with Gasteiger partial charge in [0.05, 0.1) is 13.2 Å². The summed E-state index contributed by atoms with van der Waals surface area (Å²) >= 11 is 0. The maximum atomic E-state index is 5.86. The quantitative estimate of drug-likeness (QED) is 0.683. The van der Waals surface area contributed by atoms with Crippen molar-refractivity contribution >= 4 is 0 Å². The van der Waals surface area contributed by atoms with Crippen LogP contribution in [0, 0.1) is 0 Å². The minimum atomic E-state index is -0.704. The van der Waals surface area contributed by atoms with E-state index in [9.17, 15) is 0 Å². The van der Waals surface area contributed by atoms with Crippen molar-refractivity contribution in [3.8, 4) is 0 Å². The van der Waals surface area contributed by atoms with Gasteiger partial charge < -0.3 is 18.9 Å². The van der Waals surface area contributed by atoms with Crippen molar-refractivity contribution in [1.29, 1.82) is 0 Å². The molecule has 5 heteroatoms. The Morgan fingerprint density at radius 1 is 1.25 bits per heavy atom. The first-order chi connectivity index (χ1) is 7.70. The van der Waals surface area contributed by atoms with Crippen LogP contribution in [0.5, 0.6) is 0 Å². The molecule has 2 rings (SSSR count). The Balaban J connectivity index is 2.42. The van der Waals surface area contributed by atoms with E-state index in [-0.39, 0.29) is 12.2 Å². The standard InChI is InChI=1S/C11H19NO4/c1-5-10-8(13-3)6-16-11(10,12-2)9(14-4)7-15-10/h5,8-9,12H,1,6-7H2,2-4H3. The third kappa shape index (κ3) is 1.18. The summed E-state index contributed by atoms with van der Waals surface area (Å²) in [6, 6.07) is 0. The van der Waals surface area contributed by atoms with Gasteiger partial charge in [-0.15, -0.1) is 0 Å². The van der Waals surface area contributed by atoms with Crippen molar-refractivity contribution in [3.05, 3.63) is 12.7 Å². The highest BCUT2D eigenvalue weighted by atomic mass is 16.7. The van der Waals surface area contributed by atoms with Crippen LogP contribution in [0.4, 0.5) is 0 Å². The maximum absolute atomic E-state index is 5.86. The number of likely N-dealkylation sites (N-methyl/N-ethyl adjacent to an activating group) is 1. The van der Waals surface area contributed by atoms with Crippen LogP contribution in [0.15, 0.2) is 12.7 Å². The van der Waals surface area contributed by atoms with Gasteiger partial charge in [0.25, 0.3) is 0 Å². The van der Waals surface area contributed by atoms with Crippen molar-refractivity contribution in [2.45, 2.75) is 23.5 Å². The van der Waals surface area contributed by atoms with Gasteiger partial charge in [-0.2, -0.15) is 0 Å². The molecule has 0 bridgehead atoms. The average molecular weight is 229 g/mol. The predicted molar refractivity (Wildman–Crippen MR) is 58.2 cm³/mol. The van der Waals surface area contributed by atoms with E-state index >= 15 is 0 Å². The Labute approximate surface area is 95.7 Å². The summed E-state index contributed by atoms with van der Waals surface area (Å²) in [6.07, 6.45) is 1.41. The molecule has 16 heavy (non-hydrogen) atoms. The lowest BCUT2D eigenvalue weighted by Crippen LogP contribution is -2.64. The SMILES string of the molecule is C=CC12OCC(OC)C1(NC)OCC2OC. The van der Waals surface area contributed by atoms with Gasteiger partial charge in [0.2, 0.25) is 0 Å². The van der Waals surface area contributed by atoms with E-state index in [4.69, 9.17) is 18.9 Å². The van der Waals surface area contributed by atoms with E-state index in [1.165, 1.54) is 0 Å². The van der Waals surface area contributed by atoms with Crippen LogP contribution >= 0.6 is 0 Å². The first-order valence-electron chi connectivity index (χ1n) is 5.36. The lowest BCUT2D eigenvalue weighted by Gasteiger charge is -2.39. The molecule has 4 unspecified atom stereocenters. The number of hydrogen-bond acceptors (Lipinski definition) is 5. The molecule has 2 saturated heterocycles. The molecule has 0 aromatic rings. The molecule has 0 aromatic carbocycles. The van der Waals surface area contributed by atoms with E-state index in [0.29, 0.717) is 13.2 Å². The van der Waals surface area contributed by atoms with Crippen molar-refractivity contribution in [2.75, 3.05) is 34.5 Å². The topological polar surface area (TPSA) is 49.0 Å². The Morgan fingerprint density at radius 2 is 1.88 bits per heavy atom. The van der Waals surface area contributed by atoms with Crippen LogP contribution in [-0.2, 0) is 18.9 Å². The molecule has 0 saturated carbocycles. The van der Waals surface area contributed by atoms with Crippen LogP contribution < -0.4 is 5.32 Å². The minimum absolute atomic E-state index is 0.169. The molecule has 2 aliphatic rings. The third-order valence-corrected chi connectivity index (χ3v) is 3.69. The molecule has 0 radical (unpaired) electrons. The van der Waals surface area contributed by atoms with Gasteiger partial charge in [-0.3, -0.25) is 5.32 Å². The number of ether oxygens (including phenoxy) is 4. The van der Waals surface area contributed by atoms with Crippen molar-refractivity contribution < 1.29 is 18.9 Å². The fraction of sp³-hybridized carbons (Fsp3) is 0.818. The zero-order valence-electron chi connectivity index (χ0n) is 9.99. The van der Waals surface area contributed by atoms with Crippen LogP contribution in [0.3, 0.4) is 0 Å². The Bertz CT molecular complexity index is 285. The third-order valence-electron chi connectivity index (χ3n) is 3.69. The number of fused-ring (bicyclic) bond motifs is 1. The number of methoxy groups -OCH3 is 2. The summed E-state index contributed by atoms with van der Waals surface area (Å²) < 4.78 is 22.6. The number of hydrogen-bond donors (Lipinski definition) is 1. The Hall–Kier alpha value is -0.460. The lowest BCUT2D eigenvalue weighted by atomic mass is 9.86. The molecule has 92 valence electrons. The predicted octanol–water partition coefficient (Wildman–Crippen LogP) is -0.0827. The summed E-state index contributed by atoms with van der Waals surface area (Å²) in [4.78, 5) is 0. The summed E-state index contributed by atoms with van der Waals surface area (Å²) in [5, 5.41) is 3.17. The first-order valence-corrected chi connectivity index (χ1v) is 5.36. The zero-order valence-corrected chi connectivity index (χ0v) is 9.99. The minimum Gasteiger partial charge on any atom is -0.375 e. The van der Waals surface area contributed by atoms with E-state index in [1.54, 1.807) is 20.3 Å². The molecule has 0 spiro atoms. The van der Waals surface area contributed by atoms with Gasteiger partial charge >= 0.3 is 0 Å². The van der Waals surface area contributed by atoms with Crippen LogP contribution in [0.2, 0.25) is 0 Å². The molecule has 2 heterocycles. The second kappa shape index (κ2) is 4.09. The number of nitrogens with one attached hydrogen (secondary N) is 1. The molecule has 1 N–H and O–H groups in total. The van der Waals surface area contributed by atoms with Crippen LogP contribution in [0.1, 0.15) is 0 Å². The molecular formula is C11H19NO4. The first kappa shape index (κ1) is 12.0. The lowest BCUT2D eigenvalue weighted by molar-refractivity contribution is -0.129. The average Bonchev–Trinajstić information content (AvgIpc) is 2.80. The monoisotopic (exact) mass is 229 g/mol. The van der Waals surface area contributed by atoms with Crippen molar-refractivity contribution in [1.82, 2.24) is 5.32 Å².